The number of hydrogen-bond donors (Lipinski definition) is 2. The molecule has 0 atom stereocenters. The normalized spacial score (nSPS) is 10.4. The molecule has 0 bridgehead atoms. The molecule has 21 heavy (non-hydrogen) atoms. The SMILES string of the molecule is Cc1cc(C)nc(SCC(=O)Nc2cc(N)ccc2Cl)n1. The lowest BCUT2D eigenvalue weighted by atomic mass is 10.3. The fourth-order valence-electron chi connectivity index (χ4n) is 1.71. The van der Waals surface area contributed by atoms with Crippen LogP contribution in [0.3, 0.4) is 0 Å². The third kappa shape index (κ3) is 4.61. The highest BCUT2D eigenvalue weighted by Gasteiger charge is 2.09. The molecule has 0 unspecified atom stereocenters. The average molecular weight is 323 g/mol. The molecule has 0 saturated carbocycles. The van der Waals surface area contributed by atoms with Crippen LogP contribution in [0.2, 0.25) is 5.02 Å². The highest BCUT2D eigenvalue weighted by atomic mass is 35.5. The first kappa shape index (κ1) is 15.6. The number of benzene rings is 1. The van der Waals surface area contributed by atoms with Gasteiger partial charge in [-0.05, 0) is 38.1 Å². The predicted octanol–water partition coefficient (Wildman–Crippen LogP) is 3.06. The monoisotopic (exact) mass is 322 g/mol. The number of nitrogens with zero attached hydrogens (tertiary/aromatic N) is 2. The van der Waals surface area contributed by atoms with Crippen molar-refractivity contribution in [2.45, 2.75) is 19.0 Å². The second-order valence-electron chi connectivity index (χ2n) is 4.51. The van der Waals surface area contributed by atoms with Crippen molar-refractivity contribution in [1.82, 2.24) is 9.97 Å². The van der Waals surface area contributed by atoms with Crippen molar-refractivity contribution in [3.8, 4) is 0 Å². The van der Waals surface area contributed by atoms with Gasteiger partial charge in [-0.2, -0.15) is 0 Å². The molecule has 3 N–H and O–H groups in total. The molecule has 5 nitrogen and oxygen atoms in total. The number of aromatic nitrogens is 2. The Morgan fingerprint density at radius 2 is 1.95 bits per heavy atom. The van der Waals surface area contributed by atoms with Gasteiger partial charge in [0.1, 0.15) is 0 Å². The predicted molar refractivity (Wildman–Crippen MR) is 86.7 cm³/mol. The van der Waals surface area contributed by atoms with Gasteiger partial charge in [-0.3, -0.25) is 4.79 Å². The van der Waals surface area contributed by atoms with Gasteiger partial charge in [0.15, 0.2) is 5.16 Å². The Hall–Kier alpha value is -1.79. The van der Waals surface area contributed by atoms with E-state index in [1.165, 1.54) is 11.8 Å². The Morgan fingerprint density at radius 1 is 1.29 bits per heavy atom. The summed E-state index contributed by atoms with van der Waals surface area (Å²) in [5, 5.41) is 3.76. The topological polar surface area (TPSA) is 80.9 Å². The van der Waals surface area contributed by atoms with Crippen molar-refractivity contribution in [1.29, 1.82) is 0 Å². The molecule has 1 aromatic carbocycles. The summed E-state index contributed by atoms with van der Waals surface area (Å²) in [7, 11) is 0. The second kappa shape index (κ2) is 6.78. The number of thioether (sulfide) groups is 1. The molecule has 0 aliphatic rings. The van der Waals surface area contributed by atoms with Crippen LogP contribution >= 0.6 is 23.4 Å². The summed E-state index contributed by atoms with van der Waals surface area (Å²) in [6, 6.07) is 6.83. The van der Waals surface area contributed by atoms with Crippen LogP contribution in [0.5, 0.6) is 0 Å². The minimum atomic E-state index is -0.185. The number of carbonyl (C=O) groups excluding carboxylic acids is 1. The van der Waals surface area contributed by atoms with E-state index in [2.05, 4.69) is 15.3 Å². The van der Waals surface area contributed by atoms with Gasteiger partial charge < -0.3 is 11.1 Å². The zero-order valence-corrected chi connectivity index (χ0v) is 13.3. The lowest BCUT2D eigenvalue weighted by Gasteiger charge is -2.08. The minimum absolute atomic E-state index is 0.185. The summed E-state index contributed by atoms with van der Waals surface area (Å²) in [5.41, 5.74) is 8.47. The van der Waals surface area contributed by atoms with Crippen LogP contribution in [-0.4, -0.2) is 21.6 Å². The summed E-state index contributed by atoms with van der Waals surface area (Å²) in [4.78, 5) is 20.5. The number of nitrogens with one attached hydrogen (secondary N) is 1. The second-order valence-corrected chi connectivity index (χ2v) is 5.86. The van der Waals surface area contributed by atoms with Gasteiger partial charge in [-0.15, -0.1) is 0 Å². The molecule has 2 aromatic rings. The highest BCUT2D eigenvalue weighted by molar-refractivity contribution is 7.99. The maximum atomic E-state index is 11.9. The molecule has 110 valence electrons. The van der Waals surface area contributed by atoms with E-state index in [9.17, 15) is 4.79 Å². The van der Waals surface area contributed by atoms with Crippen molar-refractivity contribution >= 4 is 40.6 Å². The number of halogens is 1. The molecular formula is C14H15ClN4OS. The molecule has 1 heterocycles. The fourth-order valence-corrected chi connectivity index (χ4v) is 2.63. The van der Waals surface area contributed by atoms with E-state index >= 15 is 0 Å². The van der Waals surface area contributed by atoms with E-state index in [0.29, 0.717) is 21.6 Å². The first-order valence-electron chi connectivity index (χ1n) is 6.24. The Kier molecular flexibility index (Phi) is 5.03. The molecule has 0 fully saturated rings. The zero-order chi connectivity index (χ0) is 15.4. The molecule has 0 saturated heterocycles. The largest absolute Gasteiger partial charge is 0.399 e. The zero-order valence-electron chi connectivity index (χ0n) is 11.7. The van der Waals surface area contributed by atoms with Crippen LogP contribution in [0, 0.1) is 13.8 Å². The number of nitrogen functional groups attached to an aromatic ring is 1. The molecule has 1 aromatic heterocycles. The number of hydrogen-bond acceptors (Lipinski definition) is 5. The summed E-state index contributed by atoms with van der Waals surface area (Å²) in [5.74, 6) is 0.0175. The Labute approximate surface area is 132 Å². The van der Waals surface area contributed by atoms with E-state index in [0.717, 1.165) is 11.4 Å². The van der Waals surface area contributed by atoms with Crippen molar-refractivity contribution in [3.05, 3.63) is 40.7 Å². The Bertz CT molecular complexity index is 658. The van der Waals surface area contributed by atoms with Crippen LogP contribution in [0.1, 0.15) is 11.4 Å². The number of amides is 1. The van der Waals surface area contributed by atoms with Crippen LogP contribution in [0.25, 0.3) is 0 Å². The summed E-state index contributed by atoms with van der Waals surface area (Å²) < 4.78 is 0. The lowest BCUT2D eigenvalue weighted by Crippen LogP contribution is -2.15. The van der Waals surface area contributed by atoms with Gasteiger partial charge in [0.05, 0.1) is 16.5 Å². The molecule has 0 aliphatic heterocycles. The fraction of sp³-hybridized carbons (Fsp3) is 0.214. The van der Waals surface area contributed by atoms with Crippen molar-refractivity contribution in [2.75, 3.05) is 16.8 Å². The van der Waals surface area contributed by atoms with Crippen LogP contribution in [0.4, 0.5) is 11.4 Å². The minimum Gasteiger partial charge on any atom is -0.399 e. The summed E-state index contributed by atoms with van der Waals surface area (Å²) >= 11 is 7.27. The Morgan fingerprint density at radius 3 is 2.62 bits per heavy atom. The number of anilines is 2. The molecular weight excluding hydrogens is 308 g/mol. The molecule has 2 rings (SSSR count). The highest BCUT2D eigenvalue weighted by Crippen LogP contribution is 2.24. The van der Waals surface area contributed by atoms with Crippen molar-refractivity contribution in [3.63, 3.8) is 0 Å². The van der Waals surface area contributed by atoms with Crippen molar-refractivity contribution < 1.29 is 4.79 Å². The van der Waals surface area contributed by atoms with Crippen LogP contribution in [-0.2, 0) is 4.79 Å². The average Bonchev–Trinajstić information content (AvgIpc) is 2.40. The lowest BCUT2D eigenvalue weighted by molar-refractivity contribution is -0.113. The Balaban J connectivity index is 1.97. The number of rotatable bonds is 4. The maximum absolute atomic E-state index is 11.9. The van der Waals surface area contributed by atoms with Crippen LogP contribution < -0.4 is 11.1 Å². The van der Waals surface area contributed by atoms with E-state index in [4.69, 9.17) is 17.3 Å². The molecule has 0 spiro atoms. The summed E-state index contributed by atoms with van der Waals surface area (Å²) in [6.45, 7) is 3.79. The van der Waals surface area contributed by atoms with Gasteiger partial charge in [0, 0.05) is 17.1 Å². The molecule has 1 amide bonds. The molecule has 0 aliphatic carbocycles. The maximum Gasteiger partial charge on any atom is 0.234 e. The third-order valence-corrected chi connectivity index (χ3v) is 3.74. The summed E-state index contributed by atoms with van der Waals surface area (Å²) in [6.07, 6.45) is 0. The van der Waals surface area contributed by atoms with Gasteiger partial charge >= 0.3 is 0 Å². The van der Waals surface area contributed by atoms with E-state index in [1.54, 1.807) is 18.2 Å². The van der Waals surface area contributed by atoms with Gasteiger partial charge in [0.2, 0.25) is 5.91 Å². The molecule has 7 heteroatoms. The third-order valence-electron chi connectivity index (χ3n) is 2.56. The van der Waals surface area contributed by atoms with E-state index in [1.807, 2.05) is 19.9 Å². The molecule has 0 radical (unpaired) electrons. The number of carbonyl (C=O) groups is 1. The van der Waals surface area contributed by atoms with E-state index in [-0.39, 0.29) is 11.7 Å². The van der Waals surface area contributed by atoms with E-state index < -0.39 is 0 Å². The van der Waals surface area contributed by atoms with Gasteiger partial charge in [-0.1, -0.05) is 23.4 Å². The standard InChI is InChI=1S/C14H15ClN4OS/c1-8-5-9(2)18-14(17-8)21-7-13(20)19-12-6-10(16)3-4-11(12)15/h3-6H,7,16H2,1-2H3,(H,19,20). The van der Waals surface area contributed by atoms with Crippen molar-refractivity contribution in [2.24, 2.45) is 0 Å². The number of aryl methyl sites for hydroxylation is 2. The van der Waals surface area contributed by atoms with Gasteiger partial charge in [-0.25, -0.2) is 9.97 Å². The first-order chi connectivity index (χ1) is 9.94. The number of nitrogens with two attached hydrogens (primary N) is 1. The first-order valence-corrected chi connectivity index (χ1v) is 7.60. The quantitative estimate of drug-likeness (QED) is 0.513. The smallest absolute Gasteiger partial charge is 0.234 e. The van der Waals surface area contributed by atoms with Gasteiger partial charge in [0.25, 0.3) is 0 Å². The van der Waals surface area contributed by atoms with Crippen LogP contribution in [0.15, 0.2) is 29.4 Å².